The molecule has 2 aromatic rings. The van der Waals surface area contributed by atoms with Gasteiger partial charge in [-0.3, -0.25) is 0 Å². The largest absolute Gasteiger partial charge is 0.316 e. The predicted octanol–water partition coefficient (Wildman–Crippen LogP) is 2.14. The first-order chi connectivity index (χ1) is 7.34. The number of fused-ring (bicyclic) bond motifs is 1. The second kappa shape index (κ2) is 3.66. The molecular weight excluding hydrogens is 226 g/mol. The van der Waals surface area contributed by atoms with E-state index in [2.05, 4.69) is 9.97 Å². The van der Waals surface area contributed by atoms with E-state index in [4.69, 9.17) is 5.73 Å². The molecule has 2 N–H and O–H groups in total. The van der Waals surface area contributed by atoms with E-state index in [1.807, 2.05) is 5.38 Å². The number of aromatic nitrogens is 2. The van der Waals surface area contributed by atoms with Crippen LogP contribution in [0.3, 0.4) is 0 Å². The highest BCUT2D eigenvalue weighted by molar-refractivity contribution is 7.12. The molecular formula is C10H11N3S2. The van der Waals surface area contributed by atoms with Crippen LogP contribution in [0.1, 0.15) is 33.0 Å². The van der Waals surface area contributed by atoms with Crippen LogP contribution < -0.4 is 5.73 Å². The van der Waals surface area contributed by atoms with Gasteiger partial charge in [0.05, 0.1) is 5.69 Å². The van der Waals surface area contributed by atoms with Gasteiger partial charge in [-0.25, -0.2) is 9.97 Å². The van der Waals surface area contributed by atoms with Crippen molar-refractivity contribution < 1.29 is 0 Å². The summed E-state index contributed by atoms with van der Waals surface area (Å²) in [6, 6.07) is -0.124. The second-order valence-electron chi connectivity index (χ2n) is 3.62. The quantitative estimate of drug-likeness (QED) is 0.870. The number of thiazole rings is 2. The molecule has 0 radical (unpaired) electrons. The molecule has 3 rings (SSSR count). The van der Waals surface area contributed by atoms with Gasteiger partial charge in [-0.2, -0.15) is 0 Å². The summed E-state index contributed by atoms with van der Waals surface area (Å²) in [7, 11) is 0. The summed E-state index contributed by atoms with van der Waals surface area (Å²) >= 11 is 3.36. The van der Waals surface area contributed by atoms with E-state index >= 15 is 0 Å². The van der Waals surface area contributed by atoms with E-state index in [1.165, 1.54) is 23.4 Å². The summed E-state index contributed by atoms with van der Waals surface area (Å²) in [5, 5.41) is 3.94. The number of nitrogens with zero attached hydrogens (tertiary/aromatic N) is 2. The third kappa shape index (κ3) is 1.60. The van der Waals surface area contributed by atoms with Crippen LogP contribution in [0, 0.1) is 0 Å². The Kier molecular flexibility index (Phi) is 2.31. The van der Waals surface area contributed by atoms with E-state index < -0.39 is 0 Å². The molecule has 1 unspecified atom stereocenters. The monoisotopic (exact) mass is 237 g/mol. The first kappa shape index (κ1) is 9.45. The summed E-state index contributed by atoms with van der Waals surface area (Å²) in [6.07, 6.45) is 5.34. The summed E-state index contributed by atoms with van der Waals surface area (Å²) in [6.45, 7) is 0. The van der Waals surface area contributed by atoms with Crippen molar-refractivity contribution in [3.8, 4) is 0 Å². The summed E-state index contributed by atoms with van der Waals surface area (Å²) < 4.78 is 0. The zero-order valence-corrected chi connectivity index (χ0v) is 9.77. The summed E-state index contributed by atoms with van der Waals surface area (Å²) in [5.41, 5.74) is 7.38. The van der Waals surface area contributed by atoms with Crippen molar-refractivity contribution in [2.45, 2.75) is 25.3 Å². The highest BCUT2D eigenvalue weighted by Crippen LogP contribution is 2.32. The van der Waals surface area contributed by atoms with Gasteiger partial charge in [0, 0.05) is 16.5 Å². The molecule has 5 heteroatoms. The number of hydrogen-bond donors (Lipinski definition) is 1. The zero-order valence-electron chi connectivity index (χ0n) is 8.14. The van der Waals surface area contributed by atoms with Gasteiger partial charge in [0.25, 0.3) is 0 Å². The molecule has 2 heterocycles. The molecule has 78 valence electrons. The SMILES string of the molecule is NC(c1nccs1)c1nc2c(s1)CCC2. The summed E-state index contributed by atoms with van der Waals surface area (Å²) in [5.74, 6) is 0. The lowest BCUT2D eigenvalue weighted by Crippen LogP contribution is -2.11. The van der Waals surface area contributed by atoms with Crippen LogP contribution >= 0.6 is 22.7 Å². The zero-order chi connectivity index (χ0) is 10.3. The number of aryl methyl sites for hydroxylation is 2. The third-order valence-electron chi connectivity index (χ3n) is 2.60. The topological polar surface area (TPSA) is 51.8 Å². The number of hydrogen-bond acceptors (Lipinski definition) is 5. The van der Waals surface area contributed by atoms with Gasteiger partial charge in [0.2, 0.25) is 0 Å². The van der Waals surface area contributed by atoms with Crippen molar-refractivity contribution >= 4 is 22.7 Å². The Morgan fingerprint density at radius 2 is 2.27 bits per heavy atom. The second-order valence-corrected chi connectivity index (χ2v) is 5.66. The Labute approximate surface area is 96.0 Å². The van der Waals surface area contributed by atoms with Crippen molar-refractivity contribution in [1.29, 1.82) is 0 Å². The molecule has 0 spiro atoms. The van der Waals surface area contributed by atoms with Crippen LogP contribution in [-0.4, -0.2) is 9.97 Å². The van der Waals surface area contributed by atoms with E-state index in [1.54, 1.807) is 28.9 Å². The molecule has 0 fully saturated rings. The minimum Gasteiger partial charge on any atom is -0.316 e. The molecule has 2 aromatic heterocycles. The van der Waals surface area contributed by atoms with Crippen molar-refractivity contribution in [3.05, 3.63) is 32.2 Å². The first-order valence-electron chi connectivity index (χ1n) is 4.98. The molecule has 1 aliphatic carbocycles. The fraction of sp³-hybridized carbons (Fsp3) is 0.400. The Morgan fingerprint density at radius 1 is 1.33 bits per heavy atom. The summed E-state index contributed by atoms with van der Waals surface area (Å²) in [4.78, 5) is 10.3. The van der Waals surface area contributed by atoms with Crippen molar-refractivity contribution in [2.75, 3.05) is 0 Å². The molecule has 0 aromatic carbocycles. The van der Waals surface area contributed by atoms with E-state index in [0.29, 0.717) is 0 Å². The molecule has 3 nitrogen and oxygen atoms in total. The van der Waals surface area contributed by atoms with Gasteiger partial charge in [-0.05, 0) is 19.3 Å². The van der Waals surface area contributed by atoms with Gasteiger partial charge >= 0.3 is 0 Å². The average Bonchev–Trinajstić information content (AvgIpc) is 2.92. The Hall–Kier alpha value is -0.780. The van der Waals surface area contributed by atoms with E-state index in [9.17, 15) is 0 Å². The molecule has 0 bridgehead atoms. The predicted molar refractivity (Wildman–Crippen MR) is 62.3 cm³/mol. The van der Waals surface area contributed by atoms with Crippen LogP contribution in [0.2, 0.25) is 0 Å². The van der Waals surface area contributed by atoms with Crippen molar-refractivity contribution in [1.82, 2.24) is 9.97 Å². The fourth-order valence-electron chi connectivity index (χ4n) is 1.84. The average molecular weight is 237 g/mol. The normalized spacial score (nSPS) is 16.6. The van der Waals surface area contributed by atoms with Crippen LogP contribution in [-0.2, 0) is 12.8 Å². The molecule has 0 amide bonds. The molecule has 15 heavy (non-hydrogen) atoms. The first-order valence-corrected chi connectivity index (χ1v) is 6.67. The lowest BCUT2D eigenvalue weighted by molar-refractivity contribution is 0.825. The maximum atomic E-state index is 6.12. The van der Waals surface area contributed by atoms with Crippen LogP contribution in [0.15, 0.2) is 11.6 Å². The maximum Gasteiger partial charge on any atom is 0.117 e. The Bertz CT molecular complexity index is 439. The molecule has 0 aliphatic heterocycles. The molecule has 0 saturated heterocycles. The lowest BCUT2D eigenvalue weighted by atomic mass is 10.3. The van der Waals surface area contributed by atoms with Crippen molar-refractivity contribution in [2.24, 2.45) is 5.73 Å². The van der Waals surface area contributed by atoms with Gasteiger partial charge < -0.3 is 5.73 Å². The molecule has 1 atom stereocenters. The van der Waals surface area contributed by atoms with Crippen LogP contribution in [0.5, 0.6) is 0 Å². The van der Waals surface area contributed by atoms with Gasteiger partial charge in [-0.1, -0.05) is 0 Å². The number of nitrogens with two attached hydrogens (primary N) is 1. The third-order valence-corrected chi connectivity index (χ3v) is 4.69. The minimum atomic E-state index is -0.124. The van der Waals surface area contributed by atoms with E-state index in [-0.39, 0.29) is 6.04 Å². The van der Waals surface area contributed by atoms with Crippen LogP contribution in [0.4, 0.5) is 0 Å². The highest BCUT2D eigenvalue weighted by Gasteiger charge is 2.21. The van der Waals surface area contributed by atoms with Crippen molar-refractivity contribution in [3.63, 3.8) is 0 Å². The fourth-order valence-corrected chi connectivity index (χ4v) is 3.71. The smallest absolute Gasteiger partial charge is 0.117 e. The standard InChI is InChI=1S/C10H11N3S2/c11-8(9-12-4-5-14-9)10-13-6-2-1-3-7(6)15-10/h4-5,8H,1-3,11H2. The maximum absolute atomic E-state index is 6.12. The van der Waals surface area contributed by atoms with Gasteiger partial charge in [0.1, 0.15) is 16.1 Å². The van der Waals surface area contributed by atoms with Gasteiger partial charge in [0.15, 0.2) is 0 Å². The Balaban J connectivity index is 1.93. The van der Waals surface area contributed by atoms with E-state index in [0.717, 1.165) is 16.4 Å². The minimum absolute atomic E-state index is 0.124. The molecule has 1 aliphatic rings. The number of rotatable bonds is 2. The molecule has 0 saturated carbocycles. The highest BCUT2D eigenvalue weighted by atomic mass is 32.1. The van der Waals surface area contributed by atoms with Crippen LogP contribution in [0.25, 0.3) is 0 Å². The Morgan fingerprint density at radius 3 is 3.00 bits per heavy atom. The lowest BCUT2D eigenvalue weighted by Gasteiger charge is -2.03. The van der Waals surface area contributed by atoms with Gasteiger partial charge in [-0.15, -0.1) is 22.7 Å².